The summed E-state index contributed by atoms with van der Waals surface area (Å²) in [5.74, 6) is -1.05. The Bertz CT molecular complexity index is 548. The SMILES string of the molecule is O=C1OC2C3CC(CC13)C2OC(O)C(F)(F)S(=O)(=O)O. The van der Waals surface area contributed by atoms with E-state index in [1.54, 1.807) is 0 Å². The van der Waals surface area contributed by atoms with Gasteiger partial charge in [0.25, 0.3) is 0 Å². The number of alkyl halides is 2. The van der Waals surface area contributed by atoms with Crippen molar-refractivity contribution in [3.63, 3.8) is 0 Å². The van der Waals surface area contributed by atoms with E-state index in [1.807, 2.05) is 0 Å². The van der Waals surface area contributed by atoms with E-state index < -0.39 is 39.8 Å². The highest BCUT2D eigenvalue weighted by atomic mass is 32.2. The molecule has 0 aromatic rings. The number of halogens is 2. The molecular weight excluding hydrogens is 302 g/mol. The van der Waals surface area contributed by atoms with Crippen LogP contribution in [-0.4, -0.2) is 47.8 Å². The third kappa shape index (κ3) is 1.78. The lowest BCUT2D eigenvalue weighted by molar-refractivity contribution is -0.238. The second kappa shape index (κ2) is 4.09. The summed E-state index contributed by atoms with van der Waals surface area (Å²) in [5.41, 5.74) is 0. The highest BCUT2D eigenvalue weighted by molar-refractivity contribution is 7.86. The monoisotopic (exact) mass is 314 g/mol. The second-order valence-electron chi connectivity index (χ2n) is 5.39. The van der Waals surface area contributed by atoms with Gasteiger partial charge in [0.05, 0.1) is 5.92 Å². The molecule has 0 aromatic heterocycles. The normalized spacial score (nSPS) is 41.0. The number of hydrogen-bond acceptors (Lipinski definition) is 6. The second-order valence-corrected chi connectivity index (χ2v) is 6.89. The average Bonchev–Trinajstić information content (AvgIpc) is 2.91. The summed E-state index contributed by atoms with van der Waals surface area (Å²) in [4.78, 5) is 11.5. The highest BCUT2D eigenvalue weighted by Crippen LogP contribution is 2.55. The largest absolute Gasteiger partial charge is 0.459 e. The average molecular weight is 314 g/mol. The van der Waals surface area contributed by atoms with Crippen molar-refractivity contribution < 1.29 is 41.1 Å². The van der Waals surface area contributed by atoms with E-state index in [-0.39, 0.29) is 17.8 Å². The van der Waals surface area contributed by atoms with Crippen molar-refractivity contribution in [2.45, 2.75) is 36.6 Å². The Hall–Kier alpha value is -0.840. The van der Waals surface area contributed by atoms with E-state index in [2.05, 4.69) is 0 Å². The summed E-state index contributed by atoms with van der Waals surface area (Å²) in [6, 6.07) is 0. The van der Waals surface area contributed by atoms with Crippen molar-refractivity contribution in [1.82, 2.24) is 0 Å². The van der Waals surface area contributed by atoms with Crippen LogP contribution in [0.5, 0.6) is 0 Å². The first-order chi connectivity index (χ1) is 9.13. The Labute approximate surface area is 112 Å². The summed E-state index contributed by atoms with van der Waals surface area (Å²) >= 11 is 0. The molecule has 0 amide bonds. The van der Waals surface area contributed by atoms with Crippen LogP contribution >= 0.6 is 0 Å². The fourth-order valence-electron chi connectivity index (χ4n) is 3.45. The van der Waals surface area contributed by atoms with Gasteiger partial charge >= 0.3 is 21.3 Å². The third-order valence-electron chi connectivity index (χ3n) is 4.33. The zero-order chi connectivity index (χ0) is 14.9. The third-order valence-corrected chi connectivity index (χ3v) is 5.22. The number of fused-ring (bicyclic) bond motifs is 1. The lowest BCUT2D eigenvalue weighted by Gasteiger charge is -2.29. The topological polar surface area (TPSA) is 110 Å². The van der Waals surface area contributed by atoms with Gasteiger partial charge in [-0.25, -0.2) is 0 Å². The minimum absolute atomic E-state index is 0.135. The molecule has 0 radical (unpaired) electrons. The Morgan fingerprint density at radius 3 is 2.65 bits per heavy atom. The van der Waals surface area contributed by atoms with E-state index >= 15 is 0 Å². The molecule has 1 aliphatic heterocycles. The number of esters is 1. The first-order valence-corrected chi connectivity index (χ1v) is 7.46. The molecule has 2 N–H and O–H groups in total. The van der Waals surface area contributed by atoms with E-state index in [9.17, 15) is 27.1 Å². The van der Waals surface area contributed by atoms with Crippen molar-refractivity contribution in [3.8, 4) is 0 Å². The van der Waals surface area contributed by atoms with Gasteiger partial charge in [-0.3, -0.25) is 9.35 Å². The summed E-state index contributed by atoms with van der Waals surface area (Å²) in [6.45, 7) is 0. The van der Waals surface area contributed by atoms with Gasteiger partial charge in [-0.1, -0.05) is 0 Å². The molecule has 6 unspecified atom stereocenters. The Morgan fingerprint density at radius 2 is 2.05 bits per heavy atom. The standard InChI is InChI=1S/C10H12F2O7S/c11-10(12,20(15,16)17)9(14)19-6-3-1-4-5(2-3)8(13)18-7(4)6/h3-7,9,14H,1-2H2,(H,15,16,17). The molecule has 6 atom stereocenters. The summed E-state index contributed by atoms with van der Waals surface area (Å²) in [6.07, 6.45) is -3.77. The number of aliphatic hydroxyl groups excluding tert-OH is 1. The predicted molar refractivity (Wildman–Crippen MR) is 57.0 cm³/mol. The number of carbonyl (C=O) groups is 1. The van der Waals surface area contributed by atoms with E-state index in [4.69, 9.17) is 14.0 Å². The summed E-state index contributed by atoms with van der Waals surface area (Å²) < 4.78 is 65.6. The molecule has 1 saturated heterocycles. The first kappa shape index (κ1) is 14.1. The van der Waals surface area contributed by atoms with E-state index in [1.165, 1.54) is 0 Å². The van der Waals surface area contributed by atoms with Gasteiger partial charge in [0, 0.05) is 5.92 Å². The molecule has 2 aliphatic carbocycles. The van der Waals surface area contributed by atoms with Crippen LogP contribution < -0.4 is 0 Å². The van der Waals surface area contributed by atoms with Gasteiger partial charge in [0.1, 0.15) is 12.2 Å². The van der Waals surface area contributed by atoms with Crippen molar-refractivity contribution in [2.24, 2.45) is 17.8 Å². The maximum absolute atomic E-state index is 13.2. The summed E-state index contributed by atoms with van der Waals surface area (Å²) in [5, 5.41) is 4.41. The molecule has 1 heterocycles. The lowest BCUT2D eigenvalue weighted by Crippen LogP contribution is -2.47. The lowest BCUT2D eigenvalue weighted by atomic mass is 9.88. The number of ether oxygens (including phenoxy) is 2. The van der Waals surface area contributed by atoms with Crippen molar-refractivity contribution in [3.05, 3.63) is 0 Å². The molecule has 10 heteroatoms. The molecule has 114 valence electrons. The fraction of sp³-hybridized carbons (Fsp3) is 0.900. The van der Waals surface area contributed by atoms with Crippen molar-refractivity contribution >= 4 is 16.1 Å². The zero-order valence-electron chi connectivity index (χ0n) is 9.98. The van der Waals surface area contributed by atoms with E-state index in [0.29, 0.717) is 12.8 Å². The molecule has 3 rings (SSSR count). The predicted octanol–water partition coefficient (Wildman–Crippen LogP) is -0.248. The smallest absolute Gasteiger partial charge is 0.418 e. The van der Waals surface area contributed by atoms with E-state index in [0.717, 1.165) is 0 Å². The molecule has 0 spiro atoms. The van der Waals surface area contributed by atoms with Gasteiger partial charge in [0.15, 0.2) is 0 Å². The molecule has 2 bridgehead atoms. The van der Waals surface area contributed by atoms with Crippen LogP contribution in [0.2, 0.25) is 0 Å². The minimum Gasteiger partial charge on any atom is -0.459 e. The molecule has 20 heavy (non-hydrogen) atoms. The first-order valence-electron chi connectivity index (χ1n) is 6.02. The van der Waals surface area contributed by atoms with Crippen LogP contribution in [0.25, 0.3) is 0 Å². The molecule has 3 aliphatic rings. The van der Waals surface area contributed by atoms with Gasteiger partial charge in [0.2, 0.25) is 6.29 Å². The molecule has 2 saturated carbocycles. The minimum atomic E-state index is -5.80. The van der Waals surface area contributed by atoms with Crippen LogP contribution in [0.1, 0.15) is 12.8 Å². The van der Waals surface area contributed by atoms with Gasteiger partial charge in [-0.15, -0.1) is 0 Å². The van der Waals surface area contributed by atoms with Gasteiger partial charge in [-0.05, 0) is 18.8 Å². The van der Waals surface area contributed by atoms with Crippen molar-refractivity contribution in [1.29, 1.82) is 0 Å². The van der Waals surface area contributed by atoms with Crippen LogP contribution in [-0.2, 0) is 24.4 Å². The van der Waals surface area contributed by atoms with Gasteiger partial charge in [-0.2, -0.15) is 17.2 Å². The Kier molecular flexibility index (Phi) is 2.89. The highest BCUT2D eigenvalue weighted by Gasteiger charge is 2.64. The summed E-state index contributed by atoms with van der Waals surface area (Å²) in [7, 11) is -5.80. The maximum atomic E-state index is 13.2. The molecule has 7 nitrogen and oxygen atoms in total. The molecule has 0 aromatic carbocycles. The van der Waals surface area contributed by atoms with Crippen LogP contribution in [0.15, 0.2) is 0 Å². The van der Waals surface area contributed by atoms with Gasteiger partial charge < -0.3 is 14.6 Å². The fourth-order valence-corrected chi connectivity index (χ4v) is 3.76. The number of aliphatic hydroxyl groups is 1. The zero-order valence-corrected chi connectivity index (χ0v) is 10.8. The van der Waals surface area contributed by atoms with Crippen LogP contribution in [0.3, 0.4) is 0 Å². The van der Waals surface area contributed by atoms with Crippen molar-refractivity contribution in [2.75, 3.05) is 0 Å². The number of rotatable bonds is 4. The maximum Gasteiger partial charge on any atom is 0.418 e. The number of carbonyl (C=O) groups excluding carboxylic acids is 1. The molecular formula is C10H12F2O7S. The van der Waals surface area contributed by atoms with Crippen LogP contribution in [0.4, 0.5) is 8.78 Å². The molecule has 3 fully saturated rings. The quantitative estimate of drug-likeness (QED) is 0.418. The van der Waals surface area contributed by atoms with Crippen LogP contribution in [0, 0.1) is 17.8 Å². The Balaban J connectivity index is 1.75. The Morgan fingerprint density at radius 1 is 1.40 bits per heavy atom. The number of hydrogen-bond donors (Lipinski definition) is 2.